The topological polar surface area (TPSA) is 65.5 Å². The Bertz CT molecular complexity index is 757. The number of nitrogens with zero attached hydrogens (tertiary/aromatic N) is 2. The van der Waals surface area contributed by atoms with Crippen LogP contribution >= 0.6 is 0 Å². The second-order valence-electron chi connectivity index (χ2n) is 7.75. The second kappa shape index (κ2) is 8.09. The third kappa shape index (κ3) is 4.14. The third-order valence-corrected chi connectivity index (χ3v) is 5.88. The monoisotopic (exact) mass is 365 g/mol. The molecule has 2 fully saturated rings. The van der Waals surface area contributed by atoms with E-state index >= 15 is 0 Å². The molecule has 4 rings (SSSR count). The van der Waals surface area contributed by atoms with E-state index < -0.39 is 6.10 Å². The molecule has 2 aliphatic rings. The summed E-state index contributed by atoms with van der Waals surface area (Å²) >= 11 is 0. The van der Waals surface area contributed by atoms with Crippen LogP contribution in [-0.2, 0) is 0 Å². The highest BCUT2D eigenvalue weighted by Gasteiger charge is 2.39. The van der Waals surface area contributed by atoms with Crippen LogP contribution in [-0.4, -0.2) is 39.6 Å². The largest absolute Gasteiger partial charge is 0.391 e. The molecule has 2 unspecified atom stereocenters. The van der Waals surface area contributed by atoms with Gasteiger partial charge in [-0.1, -0.05) is 19.3 Å². The van der Waals surface area contributed by atoms with Crippen molar-refractivity contribution >= 4 is 17.3 Å². The molecular formula is C22H27N3O2. The van der Waals surface area contributed by atoms with Crippen molar-refractivity contribution in [1.29, 1.82) is 0 Å². The fourth-order valence-electron chi connectivity index (χ4n) is 4.51. The molecule has 1 aromatic carbocycles. The van der Waals surface area contributed by atoms with E-state index in [1.807, 2.05) is 41.3 Å². The van der Waals surface area contributed by atoms with Gasteiger partial charge in [0.2, 0.25) is 0 Å². The Morgan fingerprint density at radius 1 is 1.00 bits per heavy atom. The molecule has 1 saturated heterocycles. The maximum atomic E-state index is 13.1. The molecule has 2 heterocycles. The SMILES string of the molecule is O=C(c1ccc(Nc2ccncc2)cc1)N1CC(O)CC1C1CCCCC1. The van der Waals surface area contributed by atoms with Gasteiger partial charge in [-0.3, -0.25) is 9.78 Å². The first-order valence-electron chi connectivity index (χ1n) is 9.97. The van der Waals surface area contributed by atoms with Crippen molar-refractivity contribution in [1.82, 2.24) is 9.88 Å². The average Bonchev–Trinajstić information content (AvgIpc) is 3.11. The van der Waals surface area contributed by atoms with E-state index in [-0.39, 0.29) is 11.9 Å². The van der Waals surface area contributed by atoms with E-state index in [1.165, 1.54) is 32.1 Å². The number of likely N-dealkylation sites (tertiary alicyclic amines) is 1. The van der Waals surface area contributed by atoms with Crippen LogP contribution in [0.2, 0.25) is 0 Å². The van der Waals surface area contributed by atoms with Crippen LogP contribution in [0.1, 0.15) is 48.9 Å². The van der Waals surface area contributed by atoms with Crippen LogP contribution in [0, 0.1) is 5.92 Å². The number of anilines is 2. The number of amides is 1. The zero-order chi connectivity index (χ0) is 18.6. The second-order valence-corrected chi connectivity index (χ2v) is 7.75. The summed E-state index contributed by atoms with van der Waals surface area (Å²) in [5.41, 5.74) is 2.58. The van der Waals surface area contributed by atoms with Gasteiger partial charge in [-0.25, -0.2) is 0 Å². The minimum Gasteiger partial charge on any atom is -0.391 e. The molecular weight excluding hydrogens is 338 g/mol. The highest BCUT2D eigenvalue weighted by molar-refractivity contribution is 5.95. The van der Waals surface area contributed by atoms with Crippen molar-refractivity contribution in [3.8, 4) is 0 Å². The Labute approximate surface area is 160 Å². The molecule has 142 valence electrons. The van der Waals surface area contributed by atoms with Crippen molar-refractivity contribution in [2.45, 2.75) is 50.7 Å². The summed E-state index contributed by atoms with van der Waals surface area (Å²) in [6, 6.07) is 11.6. The number of aliphatic hydroxyl groups is 1. The molecule has 1 aliphatic heterocycles. The summed E-state index contributed by atoms with van der Waals surface area (Å²) in [7, 11) is 0. The molecule has 1 amide bonds. The molecule has 2 atom stereocenters. The Morgan fingerprint density at radius 3 is 2.37 bits per heavy atom. The number of hydrogen-bond acceptors (Lipinski definition) is 4. The lowest BCUT2D eigenvalue weighted by Crippen LogP contribution is -2.40. The highest BCUT2D eigenvalue weighted by atomic mass is 16.3. The van der Waals surface area contributed by atoms with Gasteiger partial charge in [-0.2, -0.15) is 0 Å². The summed E-state index contributed by atoms with van der Waals surface area (Å²) in [5.74, 6) is 0.574. The first-order valence-corrected chi connectivity index (χ1v) is 9.97. The molecule has 1 aliphatic carbocycles. The number of carbonyl (C=O) groups excluding carboxylic acids is 1. The average molecular weight is 365 g/mol. The zero-order valence-electron chi connectivity index (χ0n) is 15.6. The molecule has 1 aromatic heterocycles. The molecule has 5 nitrogen and oxygen atoms in total. The van der Waals surface area contributed by atoms with Crippen LogP contribution in [0.25, 0.3) is 0 Å². The molecule has 27 heavy (non-hydrogen) atoms. The number of hydrogen-bond donors (Lipinski definition) is 2. The summed E-state index contributed by atoms with van der Waals surface area (Å²) in [4.78, 5) is 19.0. The van der Waals surface area contributed by atoms with Gasteiger partial charge in [0.1, 0.15) is 0 Å². The lowest BCUT2D eigenvalue weighted by molar-refractivity contribution is 0.0650. The van der Waals surface area contributed by atoms with Crippen LogP contribution in [0.3, 0.4) is 0 Å². The fourth-order valence-corrected chi connectivity index (χ4v) is 4.51. The Morgan fingerprint density at radius 2 is 1.67 bits per heavy atom. The summed E-state index contributed by atoms with van der Waals surface area (Å²) < 4.78 is 0. The standard InChI is InChI=1S/C22H27N3O2/c26-20-14-21(16-4-2-1-3-5-16)25(15-20)22(27)17-6-8-18(9-7-17)24-19-10-12-23-13-11-19/h6-13,16,20-21,26H,1-5,14-15H2,(H,23,24). The van der Waals surface area contributed by atoms with E-state index in [9.17, 15) is 9.90 Å². The fraction of sp³-hybridized carbons (Fsp3) is 0.455. The number of benzene rings is 1. The number of pyridine rings is 1. The first-order chi connectivity index (χ1) is 13.2. The molecule has 0 bridgehead atoms. The minimum atomic E-state index is -0.395. The van der Waals surface area contributed by atoms with Crippen LogP contribution < -0.4 is 5.32 Å². The van der Waals surface area contributed by atoms with Gasteiger partial charge in [-0.15, -0.1) is 0 Å². The van der Waals surface area contributed by atoms with Crippen LogP contribution in [0.5, 0.6) is 0 Å². The molecule has 1 saturated carbocycles. The van der Waals surface area contributed by atoms with Gasteiger partial charge in [0.15, 0.2) is 0 Å². The number of rotatable bonds is 4. The zero-order valence-corrected chi connectivity index (χ0v) is 15.6. The highest BCUT2D eigenvalue weighted by Crippen LogP contribution is 2.35. The lowest BCUT2D eigenvalue weighted by atomic mass is 9.82. The van der Waals surface area contributed by atoms with Crippen LogP contribution in [0.4, 0.5) is 11.4 Å². The summed E-state index contributed by atoms with van der Waals surface area (Å²) in [6.07, 6.45) is 9.95. The number of aromatic nitrogens is 1. The Balaban J connectivity index is 1.46. The van der Waals surface area contributed by atoms with Crippen molar-refractivity contribution in [3.05, 3.63) is 54.4 Å². The molecule has 2 N–H and O–H groups in total. The van der Waals surface area contributed by atoms with Gasteiger partial charge in [0.25, 0.3) is 5.91 Å². The van der Waals surface area contributed by atoms with Crippen molar-refractivity contribution in [2.24, 2.45) is 5.92 Å². The smallest absolute Gasteiger partial charge is 0.254 e. The van der Waals surface area contributed by atoms with Gasteiger partial charge in [0.05, 0.1) is 6.10 Å². The van der Waals surface area contributed by atoms with Gasteiger partial charge < -0.3 is 15.3 Å². The maximum absolute atomic E-state index is 13.1. The molecule has 5 heteroatoms. The van der Waals surface area contributed by atoms with Crippen molar-refractivity contribution in [3.63, 3.8) is 0 Å². The number of carbonyl (C=O) groups is 1. The summed E-state index contributed by atoms with van der Waals surface area (Å²) in [6.45, 7) is 0.455. The quantitative estimate of drug-likeness (QED) is 0.860. The van der Waals surface area contributed by atoms with E-state index in [0.29, 0.717) is 18.0 Å². The van der Waals surface area contributed by atoms with Crippen molar-refractivity contribution < 1.29 is 9.90 Å². The van der Waals surface area contributed by atoms with E-state index in [2.05, 4.69) is 10.3 Å². The molecule has 0 radical (unpaired) electrons. The summed E-state index contributed by atoms with van der Waals surface area (Å²) in [5, 5.41) is 13.5. The normalized spacial score (nSPS) is 23.4. The molecule has 0 spiro atoms. The lowest BCUT2D eigenvalue weighted by Gasteiger charge is -2.33. The maximum Gasteiger partial charge on any atom is 0.254 e. The van der Waals surface area contributed by atoms with E-state index in [0.717, 1.165) is 17.8 Å². The third-order valence-electron chi connectivity index (χ3n) is 5.88. The predicted molar refractivity (Wildman–Crippen MR) is 106 cm³/mol. The number of nitrogens with one attached hydrogen (secondary N) is 1. The first kappa shape index (κ1) is 18.0. The van der Waals surface area contributed by atoms with E-state index in [1.54, 1.807) is 12.4 Å². The predicted octanol–water partition coefficient (Wildman–Crippen LogP) is 3.98. The van der Waals surface area contributed by atoms with Crippen LogP contribution in [0.15, 0.2) is 48.8 Å². The Hall–Kier alpha value is -2.40. The van der Waals surface area contributed by atoms with Gasteiger partial charge >= 0.3 is 0 Å². The van der Waals surface area contributed by atoms with Gasteiger partial charge in [0, 0.05) is 41.9 Å². The van der Waals surface area contributed by atoms with E-state index in [4.69, 9.17) is 0 Å². The van der Waals surface area contributed by atoms with Gasteiger partial charge in [-0.05, 0) is 61.6 Å². The van der Waals surface area contributed by atoms with Crippen molar-refractivity contribution in [2.75, 3.05) is 11.9 Å². The molecule has 2 aromatic rings. The Kier molecular flexibility index (Phi) is 5.39. The minimum absolute atomic E-state index is 0.0394. The number of β-amino-alcohol motifs (C(OH)–C–C–N with tert-alkyl or cyclic N) is 1. The number of aliphatic hydroxyl groups excluding tert-OH is 1.